The molecule has 1 aromatic carbocycles. The van der Waals surface area contributed by atoms with Crippen LogP contribution in [0.3, 0.4) is 0 Å². The molecular formula is C15H22N2O3S. The predicted octanol–water partition coefficient (Wildman–Crippen LogP) is 1.45. The van der Waals surface area contributed by atoms with Gasteiger partial charge in [-0.25, -0.2) is 13.2 Å². The first kappa shape index (κ1) is 15.8. The Balaban J connectivity index is 1.84. The van der Waals surface area contributed by atoms with Crippen LogP contribution in [-0.2, 0) is 16.3 Å². The van der Waals surface area contributed by atoms with Gasteiger partial charge in [-0.3, -0.25) is 0 Å². The van der Waals surface area contributed by atoms with Gasteiger partial charge in [-0.2, -0.15) is 0 Å². The molecule has 2 amide bonds. The zero-order chi connectivity index (χ0) is 15.3. The maximum atomic E-state index is 12.2. The summed E-state index contributed by atoms with van der Waals surface area (Å²) in [7, 11) is -2.96. The van der Waals surface area contributed by atoms with Gasteiger partial charge in [0.1, 0.15) is 0 Å². The van der Waals surface area contributed by atoms with E-state index in [9.17, 15) is 13.2 Å². The van der Waals surface area contributed by atoms with Crippen molar-refractivity contribution in [2.75, 3.05) is 24.6 Å². The van der Waals surface area contributed by atoms with Crippen molar-refractivity contribution in [3.05, 3.63) is 35.9 Å². The zero-order valence-electron chi connectivity index (χ0n) is 12.3. The summed E-state index contributed by atoms with van der Waals surface area (Å²) in [5.74, 6) is 0.239. The molecule has 0 aromatic heterocycles. The number of amides is 2. The zero-order valence-corrected chi connectivity index (χ0v) is 13.1. The molecule has 6 heteroatoms. The largest absolute Gasteiger partial charge is 0.334 e. The van der Waals surface area contributed by atoms with E-state index >= 15 is 0 Å². The molecule has 1 aromatic rings. The van der Waals surface area contributed by atoms with Gasteiger partial charge in [-0.05, 0) is 25.3 Å². The van der Waals surface area contributed by atoms with Gasteiger partial charge in [0, 0.05) is 19.1 Å². The number of carbonyl (C=O) groups is 1. The van der Waals surface area contributed by atoms with Crippen molar-refractivity contribution in [1.29, 1.82) is 0 Å². The Hall–Kier alpha value is -1.56. The van der Waals surface area contributed by atoms with Crippen LogP contribution in [0.25, 0.3) is 0 Å². The van der Waals surface area contributed by atoms with Crippen LogP contribution in [0.2, 0.25) is 0 Å². The second-order valence-corrected chi connectivity index (χ2v) is 7.59. The minimum Gasteiger partial charge on any atom is -0.334 e. The van der Waals surface area contributed by atoms with Crippen LogP contribution < -0.4 is 5.32 Å². The molecule has 1 atom stereocenters. The third kappa shape index (κ3) is 4.74. The molecule has 2 rings (SSSR count). The van der Waals surface area contributed by atoms with E-state index in [1.165, 1.54) is 5.56 Å². The molecular weight excluding hydrogens is 288 g/mol. The summed E-state index contributed by atoms with van der Waals surface area (Å²) < 4.78 is 22.8. The van der Waals surface area contributed by atoms with Crippen molar-refractivity contribution >= 4 is 15.9 Å². The average molecular weight is 310 g/mol. The minimum atomic E-state index is -2.96. The molecule has 116 valence electrons. The lowest BCUT2D eigenvalue weighted by Gasteiger charge is -2.23. The summed E-state index contributed by atoms with van der Waals surface area (Å²) in [6, 6.07) is 9.59. The molecule has 0 saturated carbocycles. The van der Waals surface area contributed by atoms with Gasteiger partial charge in [0.15, 0.2) is 9.84 Å². The number of nitrogens with one attached hydrogen (secondary N) is 1. The summed E-state index contributed by atoms with van der Waals surface area (Å²) in [5.41, 5.74) is 1.19. The standard InChI is InChI=1S/C15H22N2O3S/c1-2-17(10-8-13-6-4-3-5-7-13)15(18)16-14-9-11-21(19,20)12-14/h3-7,14H,2,8-12H2,1H3,(H,16,18). The van der Waals surface area contributed by atoms with Gasteiger partial charge in [-0.1, -0.05) is 30.3 Å². The van der Waals surface area contributed by atoms with Crippen LogP contribution >= 0.6 is 0 Å². The normalized spacial score (nSPS) is 20.1. The Morgan fingerprint density at radius 1 is 1.33 bits per heavy atom. The van der Waals surface area contributed by atoms with E-state index in [4.69, 9.17) is 0 Å². The number of sulfone groups is 1. The van der Waals surface area contributed by atoms with Gasteiger partial charge in [0.05, 0.1) is 11.5 Å². The number of nitrogens with zero attached hydrogens (tertiary/aromatic N) is 1. The number of benzene rings is 1. The molecule has 0 radical (unpaired) electrons. The second-order valence-electron chi connectivity index (χ2n) is 5.36. The fourth-order valence-corrected chi connectivity index (χ4v) is 4.16. The number of urea groups is 1. The highest BCUT2D eigenvalue weighted by molar-refractivity contribution is 7.91. The third-order valence-corrected chi connectivity index (χ3v) is 5.51. The molecule has 0 bridgehead atoms. The van der Waals surface area contributed by atoms with Gasteiger partial charge >= 0.3 is 6.03 Å². The number of rotatable bonds is 5. The average Bonchev–Trinajstić information content (AvgIpc) is 2.79. The van der Waals surface area contributed by atoms with Crippen molar-refractivity contribution in [3.8, 4) is 0 Å². The molecule has 0 aliphatic carbocycles. The topological polar surface area (TPSA) is 66.5 Å². The SMILES string of the molecule is CCN(CCc1ccccc1)C(=O)NC1CCS(=O)(=O)C1. The number of hydrogen-bond donors (Lipinski definition) is 1. The van der Waals surface area contributed by atoms with E-state index < -0.39 is 9.84 Å². The van der Waals surface area contributed by atoms with Crippen LogP contribution in [0.1, 0.15) is 18.9 Å². The summed E-state index contributed by atoms with van der Waals surface area (Å²) in [6.45, 7) is 3.17. The Labute approximate surface area is 126 Å². The maximum absolute atomic E-state index is 12.2. The Morgan fingerprint density at radius 2 is 2.05 bits per heavy atom. The van der Waals surface area contributed by atoms with Crippen molar-refractivity contribution in [1.82, 2.24) is 10.2 Å². The van der Waals surface area contributed by atoms with Gasteiger partial charge in [-0.15, -0.1) is 0 Å². The number of carbonyl (C=O) groups excluding carboxylic acids is 1. The Kier molecular flexibility index (Phi) is 5.22. The van der Waals surface area contributed by atoms with Gasteiger partial charge in [0.25, 0.3) is 0 Å². The number of hydrogen-bond acceptors (Lipinski definition) is 3. The van der Waals surface area contributed by atoms with E-state index in [2.05, 4.69) is 5.32 Å². The molecule has 5 nitrogen and oxygen atoms in total. The molecule has 1 heterocycles. The van der Waals surface area contributed by atoms with E-state index in [0.29, 0.717) is 19.5 Å². The quantitative estimate of drug-likeness (QED) is 0.895. The molecule has 1 saturated heterocycles. The predicted molar refractivity (Wildman–Crippen MR) is 83.0 cm³/mol. The fourth-order valence-electron chi connectivity index (χ4n) is 2.49. The highest BCUT2D eigenvalue weighted by Gasteiger charge is 2.29. The Morgan fingerprint density at radius 3 is 2.62 bits per heavy atom. The smallest absolute Gasteiger partial charge is 0.317 e. The Bertz CT molecular complexity index is 572. The maximum Gasteiger partial charge on any atom is 0.317 e. The van der Waals surface area contributed by atoms with Crippen LogP contribution in [0.5, 0.6) is 0 Å². The molecule has 1 unspecified atom stereocenters. The minimum absolute atomic E-state index is 0.0645. The molecule has 21 heavy (non-hydrogen) atoms. The summed E-state index contributed by atoms with van der Waals surface area (Å²) in [4.78, 5) is 13.9. The second kappa shape index (κ2) is 6.93. The van der Waals surface area contributed by atoms with Crippen LogP contribution in [-0.4, -0.2) is 50.0 Å². The van der Waals surface area contributed by atoms with E-state index in [-0.39, 0.29) is 23.6 Å². The first-order valence-corrected chi connectivity index (χ1v) is 9.12. The van der Waals surface area contributed by atoms with Crippen molar-refractivity contribution in [3.63, 3.8) is 0 Å². The lowest BCUT2D eigenvalue weighted by Crippen LogP contribution is -2.46. The van der Waals surface area contributed by atoms with Crippen molar-refractivity contribution in [2.45, 2.75) is 25.8 Å². The first-order chi connectivity index (χ1) is 10.00. The summed E-state index contributed by atoms with van der Waals surface area (Å²) >= 11 is 0. The highest BCUT2D eigenvalue weighted by atomic mass is 32.2. The summed E-state index contributed by atoms with van der Waals surface area (Å²) in [6.07, 6.45) is 1.31. The molecule has 1 aliphatic heterocycles. The monoisotopic (exact) mass is 310 g/mol. The van der Waals surface area contributed by atoms with Crippen molar-refractivity contribution < 1.29 is 13.2 Å². The fraction of sp³-hybridized carbons (Fsp3) is 0.533. The highest BCUT2D eigenvalue weighted by Crippen LogP contribution is 2.11. The molecule has 1 aliphatic rings. The van der Waals surface area contributed by atoms with Crippen LogP contribution in [0.15, 0.2) is 30.3 Å². The number of likely N-dealkylation sites (N-methyl/N-ethyl adjacent to an activating group) is 1. The van der Waals surface area contributed by atoms with Gasteiger partial charge in [0.2, 0.25) is 0 Å². The third-order valence-electron chi connectivity index (χ3n) is 3.74. The van der Waals surface area contributed by atoms with Crippen LogP contribution in [0, 0.1) is 0 Å². The van der Waals surface area contributed by atoms with E-state index in [1.54, 1.807) is 4.90 Å². The van der Waals surface area contributed by atoms with Crippen molar-refractivity contribution in [2.24, 2.45) is 0 Å². The van der Waals surface area contributed by atoms with E-state index in [1.807, 2.05) is 37.3 Å². The molecule has 0 spiro atoms. The molecule has 1 N–H and O–H groups in total. The van der Waals surface area contributed by atoms with E-state index in [0.717, 1.165) is 6.42 Å². The van der Waals surface area contributed by atoms with Crippen LogP contribution in [0.4, 0.5) is 4.79 Å². The summed E-state index contributed by atoms with van der Waals surface area (Å²) in [5, 5.41) is 2.83. The lowest BCUT2D eigenvalue weighted by molar-refractivity contribution is 0.198. The van der Waals surface area contributed by atoms with Gasteiger partial charge < -0.3 is 10.2 Å². The lowest BCUT2D eigenvalue weighted by atomic mass is 10.1. The first-order valence-electron chi connectivity index (χ1n) is 7.30. The molecule has 1 fully saturated rings.